The van der Waals surface area contributed by atoms with Crippen molar-refractivity contribution in [2.24, 2.45) is 0 Å². The SMILES string of the molecule is COc1ccc2[nH]c(I)c(CCN(C)C)c2c1. The van der Waals surface area contributed by atoms with Crippen LogP contribution in [0.4, 0.5) is 0 Å². The number of aromatic nitrogens is 1. The highest BCUT2D eigenvalue weighted by atomic mass is 127. The Morgan fingerprint density at radius 2 is 2.12 bits per heavy atom. The van der Waals surface area contributed by atoms with Gasteiger partial charge in [0.25, 0.3) is 0 Å². The largest absolute Gasteiger partial charge is 0.497 e. The van der Waals surface area contributed by atoms with E-state index in [1.54, 1.807) is 7.11 Å². The molecule has 1 aromatic heterocycles. The average Bonchev–Trinajstić information content (AvgIpc) is 2.61. The highest BCUT2D eigenvalue weighted by molar-refractivity contribution is 14.1. The van der Waals surface area contributed by atoms with Crippen molar-refractivity contribution < 1.29 is 4.74 Å². The van der Waals surface area contributed by atoms with Crippen molar-refractivity contribution in [3.05, 3.63) is 27.5 Å². The topological polar surface area (TPSA) is 28.3 Å². The van der Waals surface area contributed by atoms with Crippen LogP contribution >= 0.6 is 22.6 Å². The lowest BCUT2D eigenvalue weighted by Crippen LogP contribution is -2.15. The standard InChI is InChI=1S/C13H17IN2O/c1-16(2)7-6-10-11-8-9(17-3)4-5-12(11)15-13(10)14/h4-5,8,15H,6-7H2,1-3H3. The van der Waals surface area contributed by atoms with E-state index >= 15 is 0 Å². The molecule has 0 saturated heterocycles. The van der Waals surface area contributed by atoms with E-state index in [0.717, 1.165) is 18.7 Å². The normalized spacial score (nSPS) is 11.4. The maximum absolute atomic E-state index is 5.29. The van der Waals surface area contributed by atoms with E-state index in [0.29, 0.717) is 0 Å². The summed E-state index contributed by atoms with van der Waals surface area (Å²) in [7, 11) is 5.91. The third-order valence-corrected chi connectivity index (χ3v) is 3.79. The summed E-state index contributed by atoms with van der Waals surface area (Å²) in [5.41, 5.74) is 2.57. The van der Waals surface area contributed by atoms with Crippen molar-refractivity contribution in [2.75, 3.05) is 27.7 Å². The molecule has 1 heterocycles. The second kappa shape index (κ2) is 5.27. The zero-order valence-corrected chi connectivity index (χ0v) is 12.5. The van der Waals surface area contributed by atoms with Crippen molar-refractivity contribution in [1.82, 2.24) is 9.88 Å². The molecule has 4 heteroatoms. The Kier molecular flexibility index (Phi) is 3.93. The monoisotopic (exact) mass is 344 g/mol. The average molecular weight is 344 g/mol. The number of rotatable bonds is 4. The Morgan fingerprint density at radius 1 is 1.35 bits per heavy atom. The van der Waals surface area contributed by atoms with E-state index in [2.05, 4.69) is 58.7 Å². The van der Waals surface area contributed by atoms with Gasteiger partial charge in [-0.15, -0.1) is 0 Å². The first kappa shape index (κ1) is 12.7. The van der Waals surface area contributed by atoms with Crippen LogP contribution in [0.25, 0.3) is 10.9 Å². The summed E-state index contributed by atoms with van der Waals surface area (Å²) >= 11 is 2.37. The van der Waals surface area contributed by atoms with Gasteiger partial charge < -0.3 is 14.6 Å². The van der Waals surface area contributed by atoms with Gasteiger partial charge in [0.05, 0.1) is 10.8 Å². The molecular formula is C13H17IN2O. The van der Waals surface area contributed by atoms with Gasteiger partial charge in [-0.3, -0.25) is 0 Å². The van der Waals surface area contributed by atoms with E-state index in [4.69, 9.17) is 4.74 Å². The first-order valence-electron chi connectivity index (χ1n) is 5.60. The van der Waals surface area contributed by atoms with Gasteiger partial charge in [0.1, 0.15) is 5.75 Å². The maximum atomic E-state index is 5.29. The van der Waals surface area contributed by atoms with Crippen molar-refractivity contribution in [3.8, 4) is 5.75 Å². The van der Waals surface area contributed by atoms with Gasteiger partial charge in [-0.05, 0) is 66.9 Å². The molecule has 1 N–H and O–H groups in total. The summed E-state index contributed by atoms with van der Waals surface area (Å²) in [4.78, 5) is 5.62. The Labute approximate surface area is 115 Å². The predicted molar refractivity (Wildman–Crippen MR) is 79.8 cm³/mol. The van der Waals surface area contributed by atoms with E-state index < -0.39 is 0 Å². The predicted octanol–water partition coefficient (Wildman–Crippen LogP) is 2.89. The summed E-state index contributed by atoms with van der Waals surface area (Å²) in [5, 5.41) is 1.27. The number of hydrogen-bond donors (Lipinski definition) is 1. The van der Waals surface area contributed by atoms with Crippen LogP contribution in [0.15, 0.2) is 18.2 Å². The lowest BCUT2D eigenvalue weighted by molar-refractivity contribution is 0.413. The van der Waals surface area contributed by atoms with Gasteiger partial charge in [-0.2, -0.15) is 0 Å². The highest BCUT2D eigenvalue weighted by Gasteiger charge is 2.10. The van der Waals surface area contributed by atoms with Gasteiger partial charge in [0, 0.05) is 17.4 Å². The number of nitrogens with zero attached hydrogens (tertiary/aromatic N) is 1. The first-order valence-corrected chi connectivity index (χ1v) is 6.68. The summed E-state index contributed by atoms with van der Waals surface area (Å²) in [6, 6.07) is 6.18. The minimum absolute atomic E-state index is 0.916. The molecule has 0 unspecified atom stereocenters. The molecule has 3 nitrogen and oxygen atoms in total. The molecule has 0 spiro atoms. The minimum Gasteiger partial charge on any atom is -0.497 e. The number of benzene rings is 1. The van der Waals surface area contributed by atoms with Crippen LogP contribution in [-0.2, 0) is 6.42 Å². The number of methoxy groups -OCH3 is 1. The molecule has 0 atom stereocenters. The Bertz CT molecular complexity index is 519. The quantitative estimate of drug-likeness (QED) is 0.864. The smallest absolute Gasteiger partial charge is 0.119 e. The molecular weight excluding hydrogens is 327 g/mol. The summed E-state index contributed by atoms with van der Waals surface area (Å²) < 4.78 is 6.51. The molecule has 0 amide bonds. The molecule has 0 saturated carbocycles. The molecule has 92 valence electrons. The molecule has 2 aromatic rings. The van der Waals surface area contributed by atoms with Crippen molar-refractivity contribution in [1.29, 1.82) is 0 Å². The van der Waals surface area contributed by atoms with Crippen molar-refractivity contribution >= 4 is 33.5 Å². The number of likely N-dealkylation sites (N-methyl/N-ethyl adjacent to an activating group) is 1. The molecule has 0 radical (unpaired) electrons. The lowest BCUT2D eigenvalue weighted by atomic mass is 10.1. The molecule has 1 aromatic carbocycles. The molecule has 0 aliphatic heterocycles. The molecule has 0 aliphatic carbocycles. The molecule has 0 aliphatic rings. The molecule has 0 fully saturated rings. The summed E-state index contributed by atoms with van der Waals surface area (Å²) in [6.07, 6.45) is 1.05. The van der Waals surface area contributed by atoms with Crippen molar-refractivity contribution in [3.63, 3.8) is 0 Å². The number of nitrogens with one attached hydrogen (secondary N) is 1. The number of ether oxygens (including phenoxy) is 1. The zero-order chi connectivity index (χ0) is 12.4. The fourth-order valence-corrected chi connectivity index (χ4v) is 2.75. The van der Waals surface area contributed by atoms with Crippen LogP contribution < -0.4 is 4.74 Å². The maximum Gasteiger partial charge on any atom is 0.119 e. The second-order valence-electron chi connectivity index (χ2n) is 4.38. The second-order valence-corrected chi connectivity index (χ2v) is 5.46. The van der Waals surface area contributed by atoms with Gasteiger partial charge in [0.2, 0.25) is 0 Å². The van der Waals surface area contributed by atoms with E-state index in [-0.39, 0.29) is 0 Å². The molecule has 2 rings (SSSR count). The number of hydrogen-bond acceptors (Lipinski definition) is 2. The minimum atomic E-state index is 0.916. The Morgan fingerprint density at radius 3 is 2.76 bits per heavy atom. The fraction of sp³-hybridized carbons (Fsp3) is 0.385. The lowest BCUT2D eigenvalue weighted by Gasteiger charge is -2.09. The summed E-state index contributed by atoms with van der Waals surface area (Å²) in [6.45, 7) is 1.06. The number of aromatic amines is 1. The van der Waals surface area contributed by atoms with Gasteiger partial charge in [0.15, 0.2) is 0 Å². The molecule has 17 heavy (non-hydrogen) atoms. The van der Waals surface area contributed by atoms with Gasteiger partial charge in [-0.25, -0.2) is 0 Å². The number of halogens is 1. The third kappa shape index (κ3) is 2.74. The third-order valence-electron chi connectivity index (χ3n) is 2.87. The van der Waals surface area contributed by atoms with Gasteiger partial charge in [-0.1, -0.05) is 0 Å². The van der Waals surface area contributed by atoms with Crippen LogP contribution in [0.2, 0.25) is 0 Å². The first-order chi connectivity index (χ1) is 8.11. The van der Waals surface area contributed by atoms with Crippen LogP contribution in [0.1, 0.15) is 5.56 Å². The Hall–Kier alpha value is -0.750. The molecule has 0 bridgehead atoms. The van der Waals surface area contributed by atoms with E-state index in [1.165, 1.54) is 20.2 Å². The highest BCUT2D eigenvalue weighted by Crippen LogP contribution is 2.27. The van der Waals surface area contributed by atoms with E-state index in [1.807, 2.05) is 6.07 Å². The number of fused-ring (bicyclic) bond motifs is 1. The van der Waals surface area contributed by atoms with Crippen LogP contribution in [0.3, 0.4) is 0 Å². The Balaban J connectivity index is 2.41. The summed E-state index contributed by atoms with van der Waals surface area (Å²) in [5.74, 6) is 0.916. The zero-order valence-electron chi connectivity index (χ0n) is 10.4. The van der Waals surface area contributed by atoms with Crippen LogP contribution in [-0.4, -0.2) is 37.6 Å². The fourth-order valence-electron chi connectivity index (χ4n) is 1.90. The van der Waals surface area contributed by atoms with Crippen LogP contribution in [0, 0.1) is 3.70 Å². The van der Waals surface area contributed by atoms with Crippen molar-refractivity contribution in [2.45, 2.75) is 6.42 Å². The van der Waals surface area contributed by atoms with E-state index in [9.17, 15) is 0 Å². The number of H-pyrrole nitrogens is 1. The van der Waals surface area contributed by atoms with Gasteiger partial charge >= 0.3 is 0 Å². The van der Waals surface area contributed by atoms with Crippen LogP contribution in [0.5, 0.6) is 5.75 Å².